The van der Waals surface area contributed by atoms with Crippen molar-refractivity contribution in [1.29, 1.82) is 0 Å². The summed E-state index contributed by atoms with van der Waals surface area (Å²) < 4.78 is 0. The predicted molar refractivity (Wildman–Crippen MR) is 84.6 cm³/mol. The lowest BCUT2D eigenvalue weighted by atomic mass is 10.2. The molecule has 1 aliphatic heterocycles. The Hall–Kier alpha value is -2.21. The molecule has 1 aliphatic rings. The number of piperazine rings is 1. The van der Waals surface area contributed by atoms with Crippen molar-refractivity contribution in [3.05, 3.63) is 40.4 Å². The van der Waals surface area contributed by atoms with Gasteiger partial charge in [0, 0.05) is 33.1 Å². The van der Waals surface area contributed by atoms with E-state index in [-0.39, 0.29) is 17.5 Å². The average Bonchev–Trinajstić information content (AvgIpc) is 2.54. The van der Waals surface area contributed by atoms with Gasteiger partial charge in [-0.3, -0.25) is 14.5 Å². The summed E-state index contributed by atoms with van der Waals surface area (Å²) in [4.78, 5) is 35.1. The minimum atomic E-state index is -0.102. The second-order valence-corrected chi connectivity index (χ2v) is 5.69. The number of aromatic nitrogens is 2. The van der Waals surface area contributed by atoms with Crippen molar-refractivity contribution in [1.82, 2.24) is 19.8 Å². The van der Waals surface area contributed by atoms with Crippen LogP contribution in [0.2, 0.25) is 0 Å². The van der Waals surface area contributed by atoms with E-state index in [0.29, 0.717) is 11.2 Å². The number of hydrogen-bond acceptors (Lipinski definition) is 4. The Labute approximate surface area is 128 Å². The van der Waals surface area contributed by atoms with Gasteiger partial charge in [0.25, 0.3) is 5.56 Å². The normalized spacial score (nSPS) is 17.6. The third-order valence-corrected chi connectivity index (χ3v) is 4.33. The lowest BCUT2D eigenvalue weighted by Crippen LogP contribution is -2.49. The first-order chi connectivity index (χ1) is 10.6. The number of amides is 1. The van der Waals surface area contributed by atoms with Gasteiger partial charge in [0.15, 0.2) is 0 Å². The number of nitrogens with one attached hydrogen (secondary N) is 1. The van der Waals surface area contributed by atoms with Crippen LogP contribution < -0.4 is 5.56 Å². The van der Waals surface area contributed by atoms with Gasteiger partial charge in [-0.2, -0.15) is 0 Å². The Morgan fingerprint density at radius 3 is 2.59 bits per heavy atom. The van der Waals surface area contributed by atoms with Crippen LogP contribution in [0.15, 0.2) is 29.1 Å². The van der Waals surface area contributed by atoms with Gasteiger partial charge in [0.2, 0.25) is 5.91 Å². The quantitative estimate of drug-likeness (QED) is 0.903. The first-order valence-corrected chi connectivity index (χ1v) is 7.55. The van der Waals surface area contributed by atoms with E-state index in [2.05, 4.69) is 14.9 Å². The molecule has 3 rings (SSSR count). The average molecular weight is 300 g/mol. The minimum Gasteiger partial charge on any atom is -0.340 e. The van der Waals surface area contributed by atoms with E-state index in [1.165, 1.54) is 0 Å². The van der Waals surface area contributed by atoms with E-state index in [0.717, 1.165) is 31.7 Å². The van der Waals surface area contributed by atoms with Gasteiger partial charge in [-0.1, -0.05) is 12.1 Å². The number of H-pyrrole nitrogens is 1. The highest BCUT2D eigenvalue weighted by molar-refractivity contribution is 5.77. The molecule has 0 radical (unpaired) electrons. The van der Waals surface area contributed by atoms with Gasteiger partial charge in [0.1, 0.15) is 5.82 Å². The molecule has 1 saturated heterocycles. The molecule has 2 aromatic rings. The number of nitrogens with zero attached hydrogens (tertiary/aromatic N) is 3. The Morgan fingerprint density at radius 1 is 1.23 bits per heavy atom. The molecule has 1 aromatic heterocycles. The first kappa shape index (κ1) is 14.7. The molecule has 1 N–H and O–H groups in total. The summed E-state index contributed by atoms with van der Waals surface area (Å²) in [5, 5.41) is 0.611. The zero-order chi connectivity index (χ0) is 15.7. The molecular weight excluding hydrogens is 280 g/mol. The standard InChI is InChI=1S/C16H20N4O2/c1-11(19-7-9-20(10-8-19)12(2)21)15-17-14-6-4-3-5-13(14)16(22)18-15/h3-6,11H,7-10H2,1-2H3,(H,17,18,22)/t11-/m1/s1. The van der Waals surface area contributed by atoms with Crippen LogP contribution in [0.25, 0.3) is 10.9 Å². The predicted octanol–water partition coefficient (Wildman–Crippen LogP) is 1.15. The van der Waals surface area contributed by atoms with E-state index in [1.54, 1.807) is 13.0 Å². The van der Waals surface area contributed by atoms with E-state index in [1.807, 2.05) is 30.0 Å². The summed E-state index contributed by atoms with van der Waals surface area (Å²) in [5.41, 5.74) is 0.616. The zero-order valence-corrected chi connectivity index (χ0v) is 12.9. The summed E-state index contributed by atoms with van der Waals surface area (Å²) in [6.45, 7) is 6.65. The van der Waals surface area contributed by atoms with Crippen molar-refractivity contribution in [2.75, 3.05) is 26.2 Å². The van der Waals surface area contributed by atoms with Crippen molar-refractivity contribution < 1.29 is 4.79 Å². The Bertz CT molecular complexity index is 747. The van der Waals surface area contributed by atoms with Gasteiger partial charge in [-0.15, -0.1) is 0 Å². The zero-order valence-electron chi connectivity index (χ0n) is 12.9. The third-order valence-electron chi connectivity index (χ3n) is 4.33. The van der Waals surface area contributed by atoms with Crippen LogP contribution in [0.1, 0.15) is 25.7 Å². The van der Waals surface area contributed by atoms with Crippen LogP contribution in [-0.4, -0.2) is 51.9 Å². The molecule has 22 heavy (non-hydrogen) atoms. The summed E-state index contributed by atoms with van der Waals surface area (Å²) in [6, 6.07) is 7.37. The molecule has 0 spiro atoms. The number of hydrogen-bond donors (Lipinski definition) is 1. The van der Waals surface area contributed by atoms with Crippen molar-refractivity contribution in [2.45, 2.75) is 19.9 Å². The fourth-order valence-corrected chi connectivity index (χ4v) is 2.90. The maximum Gasteiger partial charge on any atom is 0.258 e. The molecular formula is C16H20N4O2. The first-order valence-electron chi connectivity index (χ1n) is 7.55. The fourth-order valence-electron chi connectivity index (χ4n) is 2.90. The number of aromatic amines is 1. The maximum atomic E-state index is 12.2. The van der Waals surface area contributed by atoms with E-state index < -0.39 is 0 Å². The SMILES string of the molecule is CC(=O)N1CCN([C@H](C)c2nc3ccccc3c(=O)[nH]2)CC1. The number of rotatable bonds is 2. The van der Waals surface area contributed by atoms with Crippen molar-refractivity contribution >= 4 is 16.8 Å². The molecule has 1 fully saturated rings. The van der Waals surface area contributed by atoms with E-state index in [9.17, 15) is 9.59 Å². The van der Waals surface area contributed by atoms with Gasteiger partial charge in [0.05, 0.1) is 16.9 Å². The molecule has 0 bridgehead atoms. The molecule has 2 heterocycles. The Balaban J connectivity index is 1.82. The molecule has 1 amide bonds. The topological polar surface area (TPSA) is 69.3 Å². The van der Waals surface area contributed by atoms with Crippen LogP contribution in [0.3, 0.4) is 0 Å². The van der Waals surface area contributed by atoms with Crippen molar-refractivity contribution in [3.63, 3.8) is 0 Å². The van der Waals surface area contributed by atoms with Gasteiger partial charge in [-0.25, -0.2) is 4.98 Å². The Kier molecular flexibility index (Phi) is 3.94. The molecule has 0 aliphatic carbocycles. The van der Waals surface area contributed by atoms with E-state index >= 15 is 0 Å². The Morgan fingerprint density at radius 2 is 1.91 bits per heavy atom. The van der Waals surface area contributed by atoms with Crippen LogP contribution in [0.5, 0.6) is 0 Å². The number of para-hydroxylation sites is 1. The number of benzene rings is 1. The summed E-state index contributed by atoms with van der Waals surface area (Å²) in [7, 11) is 0. The third kappa shape index (κ3) is 2.74. The molecule has 116 valence electrons. The minimum absolute atomic E-state index is 0.0198. The highest BCUT2D eigenvalue weighted by Gasteiger charge is 2.24. The highest BCUT2D eigenvalue weighted by atomic mass is 16.2. The summed E-state index contributed by atoms with van der Waals surface area (Å²) >= 11 is 0. The van der Waals surface area contributed by atoms with E-state index in [4.69, 9.17) is 0 Å². The van der Waals surface area contributed by atoms with Gasteiger partial charge >= 0.3 is 0 Å². The largest absolute Gasteiger partial charge is 0.340 e. The van der Waals surface area contributed by atoms with Crippen LogP contribution >= 0.6 is 0 Å². The van der Waals surface area contributed by atoms with Crippen LogP contribution in [0.4, 0.5) is 0 Å². The van der Waals surface area contributed by atoms with Gasteiger partial charge in [-0.05, 0) is 19.1 Å². The number of carbonyl (C=O) groups excluding carboxylic acids is 1. The summed E-state index contributed by atoms with van der Waals surface area (Å²) in [5.74, 6) is 0.796. The molecule has 0 unspecified atom stereocenters. The molecule has 6 heteroatoms. The lowest BCUT2D eigenvalue weighted by Gasteiger charge is -2.37. The number of carbonyl (C=O) groups is 1. The van der Waals surface area contributed by atoms with Crippen molar-refractivity contribution in [2.24, 2.45) is 0 Å². The monoisotopic (exact) mass is 300 g/mol. The maximum absolute atomic E-state index is 12.2. The van der Waals surface area contributed by atoms with Crippen molar-refractivity contribution in [3.8, 4) is 0 Å². The van der Waals surface area contributed by atoms with Gasteiger partial charge < -0.3 is 9.88 Å². The molecule has 0 saturated carbocycles. The van der Waals surface area contributed by atoms with Crippen LogP contribution in [0, 0.1) is 0 Å². The van der Waals surface area contributed by atoms with Crippen LogP contribution in [-0.2, 0) is 4.79 Å². The number of fused-ring (bicyclic) bond motifs is 1. The fraction of sp³-hybridized carbons (Fsp3) is 0.438. The summed E-state index contributed by atoms with van der Waals surface area (Å²) in [6.07, 6.45) is 0. The second kappa shape index (κ2) is 5.88. The lowest BCUT2D eigenvalue weighted by molar-refractivity contribution is -0.130. The molecule has 1 atom stereocenters. The molecule has 6 nitrogen and oxygen atoms in total. The second-order valence-electron chi connectivity index (χ2n) is 5.69. The highest BCUT2D eigenvalue weighted by Crippen LogP contribution is 2.19. The smallest absolute Gasteiger partial charge is 0.258 e. The molecule has 1 aromatic carbocycles.